The first-order chi connectivity index (χ1) is 16.6. The lowest BCUT2D eigenvalue weighted by atomic mass is 10.0. The molecule has 1 amide bonds. The topological polar surface area (TPSA) is 109 Å². The van der Waals surface area contributed by atoms with Crippen molar-refractivity contribution in [1.82, 2.24) is 14.6 Å². The molecular weight excluding hydrogens is 457 g/mol. The lowest BCUT2D eigenvalue weighted by Crippen LogP contribution is -2.18. The number of hydrogen-bond acceptors (Lipinski definition) is 4. The quantitative estimate of drug-likeness (QED) is 0.233. The van der Waals surface area contributed by atoms with E-state index in [2.05, 4.69) is 27.2 Å². The van der Waals surface area contributed by atoms with Gasteiger partial charge in [-0.3, -0.25) is 10.2 Å². The Morgan fingerprint density at radius 3 is 2.71 bits per heavy atom. The average Bonchev–Trinajstić information content (AvgIpc) is 3.21. The zero-order valence-electron chi connectivity index (χ0n) is 18.4. The average molecular weight is 476 g/mol. The Morgan fingerprint density at radius 2 is 1.97 bits per heavy atom. The predicted molar refractivity (Wildman–Crippen MR) is 125 cm³/mol. The molecule has 0 unspecified atom stereocenters. The molecule has 2 aromatic carbocycles. The number of amides is 1. The van der Waals surface area contributed by atoms with Crippen molar-refractivity contribution in [2.45, 2.75) is 19.5 Å². The van der Waals surface area contributed by atoms with E-state index >= 15 is 0 Å². The van der Waals surface area contributed by atoms with Crippen LogP contribution in [0.15, 0.2) is 60.9 Å². The number of halogens is 3. The lowest BCUT2D eigenvalue weighted by Gasteiger charge is -2.15. The molecule has 0 fully saturated rings. The van der Waals surface area contributed by atoms with Gasteiger partial charge in [-0.1, -0.05) is 18.1 Å². The van der Waals surface area contributed by atoms with E-state index in [9.17, 15) is 18.0 Å². The third-order valence-corrected chi connectivity index (χ3v) is 5.16. The third kappa shape index (κ3) is 5.30. The van der Waals surface area contributed by atoms with E-state index < -0.39 is 17.6 Å². The molecule has 4 rings (SSSR count). The van der Waals surface area contributed by atoms with Crippen LogP contribution in [-0.4, -0.2) is 26.3 Å². The second-order valence-electron chi connectivity index (χ2n) is 7.74. The Balaban J connectivity index is 1.60. The standard InChI is InChI=1S/C25H19F3N6O/c1-15-4-5-18(11-16(15)7-9-20-14-31-23-3-2-10-32-34(20)23)24(35)33-19-8-6-17(12-22(29)30)21(13-19)25(26,27)28/h2-6,8,10-11,13-14H,12H2,1H3,(H3,29,30)(H,33,35). The fourth-order valence-electron chi connectivity index (χ4n) is 3.42. The van der Waals surface area contributed by atoms with Crippen molar-refractivity contribution in [2.75, 3.05) is 5.32 Å². The van der Waals surface area contributed by atoms with E-state index in [-0.39, 0.29) is 29.1 Å². The van der Waals surface area contributed by atoms with Crippen molar-refractivity contribution in [3.8, 4) is 11.8 Å². The Bertz CT molecular complexity index is 1510. The summed E-state index contributed by atoms with van der Waals surface area (Å²) in [7, 11) is 0. The summed E-state index contributed by atoms with van der Waals surface area (Å²) in [5.41, 5.74) is 7.00. The van der Waals surface area contributed by atoms with Crippen LogP contribution in [-0.2, 0) is 12.6 Å². The SMILES string of the molecule is Cc1ccc(C(=O)Nc2ccc(CC(=N)N)c(C(F)(F)F)c2)cc1C#Cc1cnc2cccnn12. The van der Waals surface area contributed by atoms with E-state index in [1.807, 2.05) is 6.92 Å². The van der Waals surface area contributed by atoms with Crippen molar-refractivity contribution in [3.05, 3.63) is 94.4 Å². The number of aromatic nitrogens is 3. The van der Waals surface area contributed by atoms with Crippen LogP contribution in [0.4, 0.5) is 18.9 Å². The maximum Gasteiger partial charge on any atom is 0.416 e. The van der Waals surface area contributed by atoms with Crippen molar-refractivity contribution in [3.63, 3.8) is 0 Å². The summed E-state index contributed by atoms with van der Waals surface area (Å²) < 4.78 is 42.0. The number of carbonyl (C=O) groups excluding carboxylic acids is 1. The first-order valence-electron chi connectivity index (χ1n) is 10.4. The van der Waals surface area contributed by atoms with Gasteiger partial charge in [0.15, 0.2) is 5.65 Å². The number of benzene rings is 2. The molecule has 176 valence electrons. The molecular formula is C25H19F3N6O. The van der Waals surface area contributed by atoms with Gasteiger partial charge in [-0.05, 0) is 60.4 Å². The van der Waals surface area contributed by atoms with E-state index in [4.69, 9.17) is 11.1 Å². The number of nitrogens with two attached hydrogens (primary N) is 1. The number of hydrogen-bond donors (Lipinski definition) is 3. The zero-order valence-corrected chi connectivity index (χ0v) is 18.4. The minimum absolute atomic E-state index is 0.0281. The maximum atomic E-state index is 13.5. The van der Waals surface area contributed by atoms with Gasteiger partial charge in [0.25, 0.3) is 5.91 Å². The Kier molecular flexibility index (Phi) is 6.25. The highest BCUT2D eigenvalue weighted by atomic mass is 19.4. The summed E-state index contributed by atoms with van der Waals surface area (Å²) in [4.78, 5) is 17.0. The molecule has 0 saturated carbocycles. The number of nitrogens with zero attached hydrogens (tertiary/aromatic N) is 3. The second kappa shape index (κ2) is 9.30. The molecule has 0 aliphatic rings. The first-order valence-corrected chi connectivity index (χ1v) is 10.4. The molecule has 4 aromatic rings. The van der Waals surface area contributed by atoms with E-state index in [1.54, 1.807) is 47.2 Å². The first kappa shape index (κ1) is 23.5. The van der Waals surface area contributed by atoms with Crippen LogP contribution in [0.25, 0.3) is 5.65 Å². The number of amidine groups is 1. The molecule has 4 N–H and O–H groups in total. The van der Waals surface area contributed by atoms with Gasteiger partial charge in [0.05, 0.1) is 17.6 Å². The molecule has 35 heavy (non-hydrogen) atoms. The van der Waals surface area contributed by atoms with Gasteiger partial charge in [0, 0.05) is 29.4 Å². The fourth-order valence-corrected chi connectivity index (χ4v) is 3.42. The van der Waals surface area contributed by atoms with E-state index in [0.29, 0.717) is 16.9 Å². The van der Waals surface area contributed by atoms with E-state index in [0.717, 1.165) is 11.6 Å². The molecule has 10 heteroatoms. The van der Waals surface area contributed by atoms with Gasteiger partial charge in [0.1, 0.15) is 5.69 Å². The van der Waals surface area contributed by atoms with Crippen molar-refractivity contribution in [2.24, 2.45) is 5.73 Å². The number of rotatable bonds is 4. The Labute approximate surface area is 198 Å². The summed E-state index contributed by atoms with van der Waals surface area (Å²) in [6, 6.07) is 11.8. The van der Waals surface area contributed by atoms with Gasteiger partial charge in [-0.25, -0.2) is 9.50 Å². The van der Waals surface area contributed by atoms with Crippen LogP contribution in [0.3, 0.4) is 0 Å². The number of anilines is 1. The van der Waals surface area contributed by atoms with Crippen molar-refractivity contribution in [1.29, 1.82) is 5.41 Å². The molecule has 0 bridgehead atoms. The predicted octanol–water partition coefficient (Wildman–Crippen LogP) is 4.19. The van der Waals surface area contributed by atoms with Crippen LogP contribution in [0.1, 0.15) is 38.3 Å². The summed E-state index contributed by atoms with van der Waals surface area (Å²) >= 11 is 0. The highest BCUT2D eigenvalue weighted by Crippen LogP contribution is 2.34. The highest BCUT2D eigenvalue weighted by Gasteiger charge is 2.33. The van der Waals surface area contributed by atoms with Crippen LogP contribution in [0.2, 0.25) is 0 Å². The monoisotopic (exact) mass is 476 g/mol. The molecule has 2 aromatic heterocycles. The molecule has 2 heterocycles. The molecule has 0 spiro atoms. The Morgan fingerprint density at radius 1 is 1.17 bits per heavy atom. The van der Waals surface area contributed by atoms with Crippen molar-refractivity contribution >= 4 is 23.1 Å². The molecule has 0 atom stereocenters. The van der Waals surface area contributed by atoms with Gasteiger partial charge in [-0.15, -0.1) is 0 Å². The summed E-state index contributed by atoms with van der Waals surface area (Å²) in [6.07, 6.45) is -1.79. The van der Waals surface area contributed by atoms with Crippen LogP contribution < -0.4 is 11.1 Å². The minimum Gasteiger partial charge on any atom is -0.387 e. The number of aryl methyl sites for hydroxylation is 1. The smallest absolute Gasteiger partial charge is 0.387 e. The number of carbonyl (C=O) groups is 1. The second-order valence-corrected chi connectivity index (χ2v) is 7.74. The van der Waals surface area contributed by atoms with Crippen LogP contribution >= 0.6 is 0 Å². The lowest BCUT2D eigenvalue weighted by molar-refractivity contribution is -0.138. The van der Waals surface area contributed by atoms with Gasteiger partial charge in [-0.2, -0.15) is 18.3 Å². The van der Waals surface area contributed by atoms with Gasteiger partial charge in [0.2, 0.25) is 0 Å². The van der Waals surface area contributed by atoms with Crippen LogP contribution in [0, 0.1) is 24.2 Å². The molecule has 0 saturated heterocycles. The molecule has 7 nitrogen and oxygen atoms in total. The maximum absolute atomic E-state index is 13.5. The molecule has 0 radical (unpaired) electrons. The Hall–Kier alpha value is -4.65. The van der Waals surface area contributed by atoms with Crippen molar-refractivity contribution < 1.29 is 18.0 Å². The number of alkyl halides is 3. The number of nitrogens with one attached hydrogen (secondary N) is 2. The third-order valence-electron chi connectivity index (χ3n) is 5.16. The summed E-state index contributed by atoms with van der Waals surface area (Å²) in [6.45, 7) is 1.84. The fraction of sp³-hybridized carbons (Fsp3) is 0.120. The highest BCUT2D eigenvalue weighted by molar-refractivity contribution is 6.04. The number of imidazole rings is 1. The summed E-state index contributed by atoms with van der Waals surface area (Å²) in [5.74, 6) is 5.03. The number of fused-ring (bicyclic) bond motifs is 1. The minimum atomic E-state index is -4.66. The molecule has 0 aliphatic carbocycles. The molecule has 0 aliphatic heterocycles. The normalized spacial score (nSPS) is 11.1. The summed E-state index contributed by atoms with van der Waals surface area (Å²) in [5, 5.41) is 14.0. The largest absolute Gasteiger partial charge is 0.416 e. The van der Waals surface area contributed by atoms with Crippen LogP contribution in [0.5, 0.6) is 0 Å². The van der Waals surface area contributed by atoms with Gasteiger partial charge >= 0.3 is 6.18 Å². The van der Waals surface area contributed by atoms with E-state index in [1.165, 1.54) is 12.1 Å². The zero-order chi connectivity index (χ0) is 25.2. The van der Waals surface area contributed by atoms with Gasteiger partial charge < -0.3 is 11.1 Å².